The fourth-order valence-electron chi connectivity index (χ4n) is 4.10. The lowest BCUT2D eigenvalue weighted by Crippen LogP contribution is -2.41. The van der Waals surface area contributed by atoms with Crippen LogP contribution in [-0.2, 0) is 11.2 Å². The summed E-state index contributed by atoms with van der Waals surface area (Å²) in [6.45, 7) is 5.49. The molecule has 4 nitrogen and oxygen atoms in total. The number of thioether (sulfide) groups is 1. The van der Waals surface area contributed by atoms with Crippen molar-refractivity contribution in [2.45, 2.75) is 44.6 Å². The maximum Gasteiger partial charge on any atom is 0.221 e. The first-order valence-electron chi connectivity index (χ1n) is 10.6. The molecule has 150 valence electrons. The highest BCUT2D eigenvalue weighted by atomic mass is 32.2. The van der Waals surface area contributed by atoms with Crippen LogP contribution in [0.3, 0.4) is 0 Å². The van der Waals surface area contributed by atoms with Crippen LogP contribution in [0.15, 0.2) is 30.3 Å². The maximum absolute atomic E-state index is 12.0. The molecule has 2 aliphatic rings. The molecule has 0 saturated carbocycles. The number of amides is 1. The van der Waals surface area contributed by atoms with E-state index in [1.807, 2.05) is 11.8 Å². The van der Waals surface area contributed by atoms with Crippen molar-refractivity contribution >= 4 is 17.7 Å². The zero-order chi connectivity index (χ0) is 18.7. The quantitative estimate of drug-likeness (QED) is 0.638. The Hall–Kier alpha value is -1.04. The number of carbonyl (C=O) groups is 1. The summed E-state index contributed by atoms with van der Waals surface area (Å²) in [5, 5.41) is 6.52. The number of nitrogens with one attached hydrogen (secondary N) is 2. The largest absolute Gasteiger partial charge is 0.356 e. The molecule has 1 unspecified atom stereocenters. The number of hydrogen-bond acceptors (Lipinski definition) is 4. The first kappa shape index (κ1) is 20.7. The molecule has 2 heterocycles. The van der Waals surface area contributed by atoms with Crippen LogP contribution in [0.25, 0.3) is 0 Å². The summed E-state index contributed by atoms with van der Waals surface area (Å²) in [5.41, 5.74) is 1.48. The number of unbranched alkanes of at least 4 members (excludes halogenated alkanes) is 1. The molecule has 5 heteroatoms. The normalized spacial score (nSPS) is 21.9. The predicted octanol–water partition coefficient (Wildman–Crippen LogP) is 2.93. The van der Waals surface area contributed by atoms with E-state index in [2.05, 4.69) is 45.9 Å². The number of hydrogen-bond donors (Lipinski definition) is 2. The molecule has 1 atom stereocenters. The van der Waals surface area contributed by atoms with E-state index in [1.54, 1.807) is 0 Å². The molecule has 1 aromatic rings. The van der Waals surface area contributed by atoms with Gasteiger partial charge in [0.15, 0.2) is 0 Å². The Morgan fingerprint density at radius 3 is 2.74 bits per heavy atom. The van der Waals surface area contributed by atoms with E-state index in [9.17, 15) is 4.79 Å². The van der Waals surface area contributed by atoms with Crippen molar-refractivity contribution in [2.75, 3.05) is 44.2 Å². The Morgan fingerprint density at radius 1 is 1.19 bits per heavy atom. The van der Waals surface area contributed by atoms with E-state index in [-0.39, 0.29) is 5.91 Å². The fourth-order valence-corrected chi connectivity index (χ4v) is 5.05. The second-order valence-electron chi connectivity index (χ2n) is 7.96. The Kier molecular flexibility index (Phi) is 8.98. The lowest BCUT2D eigenvalue weighted by molar-refractivity contribution is -0.121. The molecular formula is C22H35N3OS. The molecule has 2 fully saturated rings. The first-order valence-corrected chi connectivity index (χ1v) is 11.8. The first-order chi connectivity index (χ1) is 13.3. The van der Waals surface area contributed by atoms with Crippen LogP contribution in [0.4, 0.5) is 0 Å². The van der Waals surface area contributed by atoms with E-state index in [0.717, 1.165) is 31.2 Å². The van der Waals surface area contributed by atoms with Gasteiger partial charge in [-0.15, -0.1) is 0 Å². The van der Waals surface area contributed by atoms with Crippen molar-refractivity contribution in [1.82, 2.24) is 15.5 Å². The van der Waals surface area contributed by atoms with Crippen LogP contribution in [0.2, 0.25) is 0 Å². The Morgan fingerprint density at radius 2 is 2.00 bits per heavy atom. The van der Waals surface area contributed by atoms with Crippen LogP contribution in [-0.4, -0.2) is 61.1 Å². The average Bonchev–Trinajstić information content (AvgIpc) is 2.70. The topological polar surface area (TPSA) is 44.4 Å². The number of likely N-dealkylation sites (tertiary alicyclic amines) is 1. The SMILES string of the molecule is O=C(CC1CSCCN1)NCCCCN1CCC(Cc2ccccc2)CC1. The molecular weight excluding hydrogens is 354 g/mol. The molecule has 2 saturated heterocycles. The zero-order valence-corrected chi connectivity index (χ0v) is 17.3. The second-order valence-corrected chi connectivity index (χ2v) is 9.11. The molecule has 27 heavy (non-hydrogen) atoms. The van der Waals surface area contributed by atoms with Crippen molar-refractivity contribution in [3.05, 3.63) is 35.9 Å². The summed E-state index contributed by atoms with van der Waals surface area (Å²) in [6.07, 6.45) is 6.76. The third-order valence-electron chi connectivity index (χ3n) is 5.73. The van der Waals surface area contributed by atoms with E-state index >= 15 is 0 Å². The van der Waals surface area contributed by atoms with E-state index in [0.29, 0.717) is 12.5 Å². The van der Waals surface area contributed by atoms with Crippen LogP contribution in [0, 0.1) is 5.92 Å². The van der Waals surface area contributed by atoms with Gasteiger partial charge in [-0.05, 0) is 63.2 Å². The van der Waals surface area contributed by atoms with Crippen molar-refractivity contribution in [3.63, 3.8) is 0 Å². The van der Waals surface area contributed by atoms with Crippen molar-refractivity contribution in [1.29, 1.82) is 0 Å². The zero-order valence-electron chi connectivity index (χ0n) is 16.5. The molecule has 2 aliphatic heterocycles. The number of benzene rings is 1. The van der Waals surface area contributed by atoms with Crippen molar-refractivity contribution in [2.24, 2.45) is 5.92 Å². The lowest BCUT2D eigenvalue weighted by Gasteiger charge is -2.32. The minimum Gasteiger partial charge on any atom is -0.356 e. The highest BCUT2D eigenvalue weighted by Crippen LogP contribution is 2.21. The highest BCUT2D eigenvalue weighted by molar-refractivity contribution is 7.99. The fraction of sp³-hybridized carbons (Fsp3) is 0.682. The molecule has 0 aromatic heterocycles. The summed E-state index contributed by atoms with van der Waals surface area (Å²) < 4.78 is 0. The standard InChI is InChI=1S/C22H35N3OS/c26-22(17-21-18-27-15-11-23-21)24-10-4-5-12-25-13-8-20(9-14-25)16-19-6-2-1-3-7-19/h1-3,6-7,20-21,23H,4-5,8-18H2,(H,24,26). The van der Waals surface area contributed by atoms with Gasteiger partial charge in [0.25, 0.3) is 0 Å². The van der Waals surface area contributed by atoms with E-state index in [4.69, 9.17) is 0 Å². The van der Waals surface area contributed by atoms with Gasteiger partial charge in [-0.3, -0.25) is 4.79 Å². The molecule has 3 rings (SSSR count). The second kappa shape index (κ2) is 11.7. The Balaban J connectivity index is 1.20. The molecule has 0 radical (unpaired) electrons. The summed E-state index contributed by atoms with van der Waals surface area (Å²) in [7, 11) is 0. The smallest absolute Gasteiger partial charge is 0.221 e. The number of nitrogens with zero attached hydrogens (tertiary/aromatic N) is 1. The molecule has 1 amide bonds. The van der Waals surface area contributed by atoms with Crippen LogP contribution < -0.4 is 10.6 Å². The third kappa shape index (κ3) is 7.84. The number of carbonyl (C=O) groups excluding carboxylic acids is 1. The monoisotopic (exact) mass is 389 g/mol. The maximum atomic E-state index is 12.0. The Bertz CT molecular complexity index is 540. The molecule has 1 aromatic carbocycles. The van der Waals surface area contributed by atoms with Crippen molar-refractivity contribution in [3.8, 4) is 0 Å². The van der Waals surface area contributed by atoms with Gasteiger partial charge in [0.05, 0.1) is 0 Å². The van der Waals surface area contributed by atoms with Gasteiger partial charge < -0.3 is 15.5 Å². The van der Waals surface area contributed by atoms with Gasteiger partial charge in [-0.2, -0.15) is 11.8 Å². The van der Waals surface area contributed by atoms with Gasteiger partial charge in [0.1, 0.15) is 0 Å². The summed E-state index contributed by atoms with van der Waals surface area (Å²) in [6, 6.07) is 11.3. The number of piperidine rings is 1. The Labute approximate surface area is 168 Å². The van der Waals surface area contributed by atoms with Gasteiger partial charge in [0, 0.05) is 37.1 Å². The summed E-state index contributed by atoms with van der Waals surface area (Å²) in [5.74, 6) is 3.28. The van der Waals surface area contributed by atoms with E-state index < -0.39 is 0 Å². The number of rotatable bonds is 9. The highest BCUT2D eigenvalue weighted by Gasteiger charge is 2.19. The van der Waals surface area contributed by atoms with Gasteiger partial charge in [0.2, 0.25) is 5.91 Å². The van der Waals surface area contributed by atoms with Crippen molar-refractivity contribution < 1.29 is 4.79 Å². The van der Waals surface area contributed by atoms with Gasteiger partial charge in [-0.1, -0.05) is 30.3 Å². The average molecular weight is 390 g/mol. The minimum absolute atomic E-state index is 0.205. The molecule has 0 aliphatic carbocycles. The van der Waals surface area contributed by atoms with Gasteiger partial charge in [-0.25, -0.2) is 0 Å². The van der Waals surface area contributed by atoms with Crippen LogP contribution in [0.5, 0.6) is 0 Å². The lowest BCUT2D eigenvalue weighted by atomic mass is 9.90. The minimum atomic E-state index is 0.205. The van der Waals surface area contributed by atoms with Crippen LogP contribution in [0.1, 0.15) is 37.7 Å². The molecule has 2 N–H and O–H groups in total. The third-order valence-corrected chi connectivity index (χ3v) is 6.86. The molecule has 0 bridgehead atoms. The van der Waals surface area contributed by atoms with Gasteiger partial charge >= 0.3 is 0 Å². The predicted molar refractivity (Wildman–Crippen MR) is 115 cm³/mol. The summed E-state index contributed by atoms with van der Waals surface area (Å²) in [4.78, 5) is 14.6. The summed E-state index contributed by atoms with van der Waals surface area (Å²) >= 11 is 1.95. The van der Waals surface area contributed by atoms with Crippen LogP contribution >= 0.6 is 11.8 Å². The van der Waals surface area contributed by atoms with E-state index in [1.165, 1.54) is 56.6 Å². The molecule has 0 spiro atoms.